The summed E-state index contributed by atoms with van der Waals surface area (Å²) in [5.41, 5.74) is 7.25. The summed E-state index contributed by atoms with van der Waals surface area (Å²) < 4.78 is 5.72. The molecule has 2 N–H and O–H groups in total. The van der Waals surface area contributed by atoms with E-state index in [4.69, 9.17) is 10.5 Å². The quantitative estimate of drug-likeness (QED) is 0.889. The lowest BCUT2D eigenvalue weighted by Crippen LogP contribution is -2.39. The van der Waals surface area contributed by atoms with Crippen LogP contribution in [0, 0.1) is 0 Å². The molecule has 0 unspecified atom stereocenters. The second-order valence-corrected chi connectivity index (χ2v) is 5.43. The fraction of sp³-hybridized carbons (Fsp3) is 0.600. The Bertz CT molecular complexity index is 371. The van der Waals surface area contributed by atoms with Gasteiger partial charge in [-0.2, -0.15) is 0 Å². The van der Waals surface area contributed by atoms with Crippen LogP contribution in [0.1, 0.15) is 32.3 Å². The van der Waals surface area contributed by atoms with Crippen LogP contribution in [0.4, 0.5) is 0 Å². The maximum atomic E-state index is 5.92. The van der Waals surface area contributed by atoms with Crippen LogP contribution in [0.3, 0.4) is 0 Å². The van der Waals surface area contributed by atoms with E-state index in [0.717, 1.165) is 38.2 Å². The first kappa shape index (κ1) is 13.4. The molecule has 0 amide bonds. The minimum Gasteiger partial charge on any atom is -0.491 e. The van der Waals surface area contributed by atoms with Gasteiger partial charge in [-0.05, 0) is 57.5 Å². The monoisotopic (exact) mass is 248 g/mol. The molecule has 1 heterocycles. The number of likely N-dealkylation sites (tertiary alicyclic amines) is 1. The van der Waals surface area contributed by atoms with Gasteiger partial charge in [-0.15, -0.1) is 0 Å². The van der Waals surface area contributed by atoms with E-state index in [-0.39, 0.29) is 6.10 Å². The van der Waals surface area contributed by atoms with Gasteiger partial charge < -0.3 is 10.5 Å². The molecule has 2 rings (SSSR count). The Labute approximate surface area is 110 Å². The number of ether oxygens (including phenoxy) is 1. The molecule has 0 saturated carbocycles. The minimum absolute atomic E-state index is 0.230. The first-order valence-electron chi connectivity index (χ1n) is 6.87. The summed E-state index contributed by atoms with van der Waals surface area (Å²) in [4.78, 5) is 2.47. The van der Waals surface area contributed by atoms with Gasteiger partial charge in [0.15, 0.2) is 0 Å². The van der Waals surface area contributed by atoms with E-state index in [9.17, 15) is 0 Å². The summed E-state index contributed by atoms with van der Waals surface area (Å²) in [7, 11) is 0. The normalized spacial score (nSPS) is 18.2. The molecule has 0 spiro atoms. The van der Waals surface area contributed by atoms with Crippen molar-refractivity contribution in [1.29, 1.82) is 0 Å². The Balaban J connectivity index is 1.92. The Morgan fingerprint density at radius 2 is 2.06 bits per heavy atom. The fourth-order valence-electron chi connectivity index (χ4n) is 2.36. The van der Waals surface area contributed by atoms with Crippen LogP contribution in [0.2, 0.25) is 0 Å². The van der Waals surface area contributed by atoms with Crippen LogP contribution in [0.5, 0.6) is 5.75 Å². The average molecular weight is 248 g/mol. The number of piperidine rings is 1. The van der Waals surface area contributed by atoms with Crippen LogP contribution in [0.25, 0.3) is 0 Å². The Morgan fingerprint density at radius 1 is 1.33 bits per heavy atom. The van der Waals surface area contributed by atoms with Gasteiger partial charge in [0.1, 0.15) is 5.75 Å². The molecule has 1 aromatic carbocycles. The van der Waals surface area contributed by atoms with Gasteiger partial charge in [0.2, 0.25) is 0 Å². The van der Waals surface area contributed by atoms with E-state index < -0.39 is 0 Å². The first-order valence-corrected chi connectivity index (χ1v) is 6.87. The number of benzene rings is 1. The third-order valence-corrected chi connectivity index (χ3v) is 3.31. The lowest BCUT2D eigenvalue weighted by Gasteiger charge is -2.30. The number of nitrogens with two attached hydrogens (primary N) is 1. The third-order valence-electron chi connectivity index (χ3n) is 3.31. The molecular weight excluding hydrogens is 224 g/mol. The summed E-state index contributed by atoms with van der Waals surface area (Å²) >= 11 is 0. The van der Waals surface area contributed by atoms with E-state index in [1.807, 2.05) is 6.07 Å². The van der Waals surface area contributed by atoms with Crippen LogP contribution < -0.4 is 10.5 Å². The summed E-state index contributed by atoms with van der Waals surface area (Å²) in [5.74, 6) is 0.969. The summed E-state index contributed by atoms with van der Waals surface area (Å²) in [6.45, 7) is 7.33. The van der Waals surface area contributed by atoms with Crippen molar-refractivity contribution in [1.82, 2.24) is 4.90 Å². The maximum Gasteiger partial charge on any atom is 0.120 e. The Hall–Kier alpha value is -1.06. The molecule has 3 heteroatoms. The van der Waals surface area contributed by atoms with Crippen molar-refractivity contribution < 1.29 is 4.74 Å². The lowest BCUT2D eigenvalue weighted by atomic mass is 10.1. The molecule has 0 atom stereocenters. The van der Waals surface area contributed by atoms with Crippen molar-refractivity contribution in [2.45, 2.75) is 45.4 Å². The smallest absolute Gasteiger partial charge is 0.120 e. The second kappa shape index (κ2) is 6.21. The van der Waals surface area contributed by atoms with Gasteiger partial charge in [-0.3, -0.25) is 4.90 Å². The van der Waals surface area contributed by atoms with Crippen molar-refractivity contribution in [2.75, 3.05) is 13.1 Å². The number of nitrogens with zero attached hydrogens (tertiary/aromatic N) is 1. The molecule has 18 heavy (non-hydrogen) atoms. The van der Waals surface area contributed by atoms with E-state index in [0.29, 0.717) is 6.04 Å². The van der Waals surface area contributed by atoms with Gasteiger partial charge in [0, 0.05) is 12.6 Å². The Kier molecular flexibility index (Phi) is 4.61. The van der Waals surface area contributed by atoms with Gasteiger partial charge in [-0.25, -0.2) is 0 Å². The van der Waals surface area contributed by atoms with Crippen molar-refractivity contribution in [2.24, 2.45) is 5.73 Å². The largest absolute Gasteiger partial charge is 0.491 e. The summed E-state index contributed by atoms with van der Waals surface area (Å²) in [6.07, 6.45) is 2.46. The standard InChI is InChI=1S/C15H24N2O/c1-12(2)18-15-5-3-4-13(10-15)11-17-8-6-14(16)7-9-17/h3-5,10,12,14H,6-9,11,16H2,1-2H3. The van der Waals surface area contributed by atoms with E-state index in [1.54, 1.807) is 0 Å². The molecular formula is C15H24N2O. The molecule has 1 aliphatic rings. The number of hydrogen-bond donors (Lipinski definition) is 1. The third kappa shape index (κ3) is 4.00. The molecule has 100 valence electrons. The molecule has 1 aliphatic heterocycles. The van der Waals surface area contributed by atoms with Gasteiger partial charge in [0.25, 0.3) is 0 Å². The van der Waals surface area contributed by atoms with E-state index in [1.165, 1.54) is 5.56 Å². The highest BCUT2D eigenvalue weighted by Gasteiger charge is 2.16. The topological polar surface area (TPSA) is 38.5 Å². The SMILES string of the molecule is CC(C)Oc1cccc(CN2CCC(N)CC2)c1. The predicted molar refractivity (Wildman–Crippen MR) is 74.7 cm³/mol. The summed E-state index contributed by atoms with van der Waals surface area (Å²) in [5, 5.41) is 0. The first-order chi connectivity index (χ1) is 8.63. The predicted octanol–water partition coefficient (Wildman–Crippen LogP) is 2.40. The van der Waals surface area contributed by atoms with Crippen molar-refractivity contribution in [3.8, 4) is 5.75 Å². The number of hydrogen-bond acceptors (Lipinski definition) is 3. The molecule has 0 bridgehead atoms. The molecule has 0 aromatic heterocycles. The van der Waals surface area contributed by atoms with Crippen LogP contribution in [0.15, 0.2) is 24.3 Å². The highest BCUT2D eigenvalue weighted by Crippen LogP contribution is 2.18. The molecule has 1 fully saturated rings. The fourth-order valence-corrected chi connectivity index (χ4v) is 2.36. The average Bonchev–Trinajstić information content (AvgIpc) is 2.32. The second-order valence-electron chi connectivity index (χ2n) is 5.43. The van der Waals surface area contributed by atoms with Gasteiger partial charge in [-0.1, -0.05) is 12.1 Å². The van der Waals surface area contributed by atoms with Crippen LogP contribution in [-0.4, -0.2) is 30.1 Å². The molecule has 1 aromatic rings. The minimum atomic E-state index is 0.230. The Morgan fingerprint density at radius 3 is 2.72 bits per heavy atom. The van der Waals surface area contributed by atoms with E-state index >= 15 is 0 Å². The van der Waals surface area contributed by atoms with Gasteiger partial charge >= 0.3 is 0 Å². The van der Waals surface area contributed by atoms with Crippen LogP contribution in [-0.2, 0) is 6.54 Å². The van der Waals surface area contributed by atoms with Gasteiger partial charge in [0.05, 0.1) is 6.10 Å². The molecule has 3 nitrogen and oxygen atoms in total. The molecule has 0 aliphatic carbocycles. The number of rotatable bonds is 4. The van der Waals surface area contributed by atoms with Crippen molar-refractivity contribution in [3.63, 3.8) is 0 Å². The zero-order chi connectivity index (χ0) is 13.0. The highest BCUT2D eigenvalue weighted by molar-refractivity contribution is 5.28. The zero-order valence-electron chi connectivity index (χ0n) is 11.4. The highest BCUT2D eigenvalue weighted by atomic mass is 16.5. The van der Waals surface area contributed by atoms with Crippen LogP contribution >= 0.6 is 0 Å². The zero-order valence-corrected chi connectivity index (χ0v) is 11.4. The van der Waals surface area contributed by atoms with Crippen molar-refractivity contribution >= 4 is 0 Å². The maximum absolute atomic E-state index is 5.92. The molecule has 1 saturated heterocycles. The van der Waals surface area contributed by atoms with E-state index in [2.05, 4.69) is 36.9 Å². The summed E-state index contributed by atoms with van der Waals surface area (Å²) in [6, 6.07) is 8.81. The van der Waals surface area contributed by atoms with Crippen molar-refractivity contribution in [3.05, 3.63) is 29.8 Å². The molecule has 0 radical (unpaired) electrons. The lowest BCUT2D eigenvalue weighted by molar-refractivity contribution is 0.204.